The first-order valence-corrected chi connectivity index (χ1v) is 8.71. The molecule has 1 N–H and O–H groups in total. The number of aromatic nitrogens is 1. The van der Waals surface area contributed by atoms with Crippen molar-refractivity contribution in [3.05, 3.63) is 17.0 Å². The van der Waals surface area contributed by atoms with Crippen LogP contribution in [0.3, 0.4) is 0 Å². The molecule has 1 amide bonds. The van der Waals surface area contributed by atoms with Gasteiger partial charge < -0.3 is 14.6 Å². The zero-order valence-electron chi connectivity index (χ0n) is 13.9. The fraction of sp³-hybridized carbons (Fsp3) is 0.765. The van der Waals surface area contributed by atoms with E-state index >= 15 is 0 Å². The lowest BCUT2D eigenvalue weighted by molar-refractivity contribution is -0.132. The van der Waals surface area contributed by atoms with Gasteiger partial charge in [0.25, 0.3) is 0 Å². The average Bonchev–Trinajstić information content (AvgIpc) is 3.03. The van der Waals surface area contributed by atoms with Crippen molar-refractivity contribution < 1.29 is 14.1 Å². The van der Waals surface area contributed by atoms with Crippen molar-refractivity contribution in [1.82, 2.24) is 15.4 Å². The van der Waals surface area contributed by atoms with Crippen LogP contribution in [0.4, 0.5) is 0 Å². The van der Waals surface area contributed by atoms with Gasteiger partial charge in [-0.1, -0.05) is 5.16 Å². The van der Waals surface area contributed by atoms with E-state index in [-0.39, 0.29) is 18.1 Å². The first kappa shape index (κ1) is 15.1. The van der Waals surface area contributed by atoms with Crippen molar-refractivity contribution in [2.45, 2.75) is 64.3 Å². The molecule has 1 aliphatic carbocycles. The maximum Gasteiger partial charge on any atom is 0.249 e. The van der Waals surface area contributed by atoms with Crippen molar-refractivity contribution in [1.29, 1.82) is 0 Å². The van der Waals surface area contributed by atoms with Gasteiger partial charge in [-0.25, -0.2) is 0 Å². The number of carbonyl (C=O) groups is 1. The molecule has 0 bridgehead atoms. The molecule has 2 saturated heterocycles. The van der Waals surface area contributed by atoms with Crippen LogP contribution in [0.2, 0.25) is 0 Å². The molecule has 3 atom stereocenters. The van der Waals surface area contributed by atoms with Gasteiger partial charge in [0.1, 0.15) is 11.9 Å². The number of fused-ring (bicyclic) bond motifs is 1. The molecule has 6 nitrogen and oxygen atoms in total. The smallest absolute Gasteiger partial charge is 0.249 e. The van der Waals surface area contributed by atoms with Crippen LogP contribution in [0.25, 0.3) is 0 Å². The fourth-order valence-corrected chi connectivity index (χ4v) is 3.81. The number of carbonyl (C=O) groups excluding carboxylic acids is 1. The summed E-state index contributed by atoms with van der Waals surface area (Å²) in [5.41, 5.74) is 2.14. The van der Waals surface area contributed by atoms with Crippen molar-refractivity contribution in [3.8, 4) is 0 Å². The number of hydrogen-bond acceptors (Lipinski definition) is 5. The summed E-state index contributed by atoms with van der Waals surface area (Å²) < 4.78 is 11.3. The minimum atomic E-state index is -0.281. The molecule has 6 heteroatoms. The molecule has 1 aromatic heterocycles. The summed E-state index contributed by atoms with van der Waals surface area (Å²) in [4.78, 5) is 14.7. The summed E-state index contributed by atoms with van der Waals surface area (Å²) in [7, 11) is 0. The van der Waals surface area contributed by atoms with Crippen molar-refractivity contribution in [2.24, 2.45) is 5.92 Å². The molecule has 3 aliphatic rings. The number of rotatable bonds is 5. The van der Waals surface area contributed by atoms with E-state index in [1.165, 1.54) is 18.4 Å². The van der Waals surface area contributed by atoms with E-state index < -0.39 is 0 Å². The summed E-state index contributed by atoms with van der Waals surface area (Å²) >= 11 is 0. The molecule has 0 unspecified atom stereocenters. The number of likely N-dealkylation sites (tertiary alicyclic amines) is 1. The molecule has 4 rings (SSSR count). The zero-order valence-corrected chi connectivity index (χ0v) is 13.9. The number of nitrogens with zero attached hydrogens (tertiary/aromatic N) is 2. The SMILES string of the molecule is Cc1noc(C)c1CN1CC[C@@H]2O[C@@H](C(=O)NCC3CC3)C[C@@H]21. The average molecular weight is 319 g/mol. The maximum atomic E-state index is 12.3. The van der Waals surface area contributed by atoms with E-state index in [4.69, 9.17) is 9.26 Å². The van der Waals surface area contributed by atoms with E-state index in [0.29, 0.717) is 12.0 Å². The van der Waals surface area contributed by atoms with E-state index in [2.05, 4.69) is 15.4 Å². The standard InChI is InChI=1S/C17H25N3O3/c1-10-13(11(2)23-19-10)9-20-6-5-15-14(20)7-16(22-15)17(21)18-8-12-3-4-12/h12,14-16H,3-9H2,1-2H3,(H,18,21)/t14-,15-,16+/m0/s1. The van der Waals surface area contributed by atoms with E-state index in [1.54, 1.807) is 0 Å². The predicted octanol–water partition coefficient (Wildman–Crippen LogP) is 1.55. The molecular formula is C17H25N3O3. The van der Waals surface area contributed by atoms with Gasteiger partial charge in [-0.3, -0.25) is 9.69 Å². The normalized spacial score (nSPS) is 30.6. The third-order valence-electron chi connectivity index (χ3n) is 5.49. The fourth-order valence-electron chi connectivity index (χ4n) is 3.81. The van der Waals surface area contributed by atoms with Crippen LogP contribution in [0.15, 0.2) is 4.52 Å². The molecule has 1 saturated carbocycles. The zero-order chi connectivity index (χ0) is 16.0. The third kappa shape index (κ3) is 3.02. The van der Waals surface area contributed by atoms with Crippen LogP contribution in [0, 0.1) is 19.8 Å². The molecule has 3 heterocycles. The van der Waals surface area contributed by atoms with E-state index in [1.807, 2.05) is 13.8 Å². The van der Waals surface area contributed by atoms with Gasteiger partial charge in [-0.15, -0.1) is 0 Å². The molecule has 0 spiro atoms. The van der Waals surface area contributed by atoms with Gasteiger partial charge in [-0.2, -0.15) is 0 Å². The Kier molecular flexibility index (Phi) is 3.89. The lowest BCUT2D eigenvalue weighted by Gasteiger charge is -2.22. The van der Waals surface area contributed by atoms with E-state index in [9.17, 15) is 4.79 Å². The molecule has 0 aromatic carbocycles. The van der Waals surface area contributed by atoms with Crippen LogP contribution >= 0.6 is 0 Å². The molecule has 2 aliphatic heterocycles. The second kappa shape index (κ2) is 5.91. The first-order chi connectivity index (χ1) is 11.1. The van der Waals surface area contributed by atoms with Crippen LogP contribution in [0.1, 0.15) is 42.7 Å². The first-order valence-electron chi connectivity index (χ1n) is 8.71. The Balaban J connectivity index is 1.36. The van der Waals surface area contributed by atoms with Crippen molar-refractivity contribution in [2.75, 3.05) is 13.1 Å². The number of nitrogens with one attached hydrogen (secondary N) is 1. The molecular weight excluding hydrogens is 294 g/mol. The predicted molar refractivity (Wildman–Crippen MR) is 83.8 cm³/mol. The monoisotopic (exact) mass is 319 g/mol. The number of hydrogen-bond donors (Lipinski definition) is 1. The maximum absolute atomic E-state index is 12.3. The van der Waals surface area contributed by atoms with Crippen LogP contribution in [0.5, 0.6) is 0 Å². The number of amides is 1. The Hall–Kier alpha value is -1.40. The highest BCUT2D eigenvalue weighted by molar-refractivity contribution is 5.81. The van der Waals surface area contributed by atoms with Crippen LogP contribution in [-0.4, -0.2) is 47.3 Å². The second-order valence-corrected chi connectivity index (χ2v) is 7.22. The minimum Gasteiger partial charge on any atom is -0.363 e. The molecule has 23 heavy (non-hydrogen) atoms. The largest absolute Gasteiger partial charge is 0.363 e. The molecule has 126 valence electrons. The van der Waals surface area contributed by atoms with Crippen molar-refractivity contribution in [3.63, 3.8) is 0 Å². The molecule has 0 radical (unpaired) electrons. The van der Waals surface area contributed by atoms with Crippen LogP contribution < -0.4 is 5.32 Å². The van der Waals surface area contributed by atoms with Gasteiger partial charge >= 0.3 is 0 Å². The quantitative estimate of drug-likeness (QED) is 0.892. The van der Waals surface area contributed by atoms with Crippen molar-refractivity contribution >= 4 is 5.91 Å². The number of aryl methyl sites for hydroxylation is 2. The summed E-state index contributed by atoms with van der Waals surface area (Å²) in [6.45, 7) is 6.61. The Morgan fingerprint density at radius 2 is 2.17 bits per heavy atom. The highest BCUT2D eigenvalue weighted by Gasteiger charge is 2.45. The Morgan fingerprint density at radius 1 is 1.35 bits per heavy atom. The van der Waals surface area contributed by atoms with Gasteiger partial charge in [0.2, 0.25) is 5.91 Å². The summed E-state index contributed by atoms with van der Waals surface area (Å²) in [5.74, 6) is 1.67. The number of ether oxygens (including phenoxy) is 1. The lowest BCUT2D eigenvalue weighted by atomic mass is 10.1. The lowest BCUT2D eigenvalue weighted by Crippen LogP contribution is -2.37. The minimum absolute atomic E-state index is 0.0728. The molecule has 1 aromatic rings. The topological polar surface area (TPSA) is 67.6 Å². The summed E-state index contributed by atoms with van der Waals surface area (Å²) in [6, 6.07) is 0.334. The molecule has 3 fully saturated rings. The second-order valence-electron chi connectivity index (χ2n) is 7.22. The van der Waals surface area contributed by atoms with Gasteiger partial charge in [0, 0.05) is 37.7 Å². The van der Waals surface area contributed by atoms with Gasteiger partial charge in [0.05, 0.1) is 11.8 Å². The van der Waals surface area contributed by atoms with Gasteiger partial charge in [0.15, 0.2) is 0 Å². The van der Waals surface area contributed by atoms with Gasteiger partial charge in [-0.05, 0) is 39.0 Å². The summed E-state index contributed by atoms with van der Waals surface area (Å²) in [5, 5.41) is 7.08. The summed E-state index contributed by atoms with van der Waals surface area (Å²) in [6.07, 6.45) is 4.21. The highest BCUT2D eigenvalue weighted by atomic mass is 16.5. The van der Waals surface area contributed by atoms with E-state index in [0.717, 1.165) is 43.9 Å². The van der Waals surface area contributed by atoms with Crippen LogP contribution in [-0.2, 0) is 16.1 Å². The highest BCUT2D eigenvalue weighted by Crippen LogP contribution is 2.35. The Morgan fingerprint density at radius 3 is 2.87 bits per heavy atom. The Labute approximate surface area is 136 Å². The third-order valence-corrected chi connectivity index (χ3v) is 5.49. The Bertz CT molecular complexity index is 576.